The third-order valence-electron chi connectivity index (χ3n) is 0.127. The van der Waals surface area contributed by atoms with Crippen LogP contribution in [0.2, 0.25) is 0 Å². The predicted molar refractivity (Wildman–Crippen MR) is 11.7 cm³/mol. The summed E-state index contributed by atoms with van der Waals surface area (Å²) in [4.78, 5) is 0. The molecule has 0 bridgehead atoms. The molecule has 0 aliphatic rings. The largest absolute Gasteiger partial charge is 0.483 e. The summed E-state index contributed by atoms with van der Waals surface area (Å²) < 4.78 is 31.3. The lowest BCUT2D eigenvalue weighted by atomic mass is 10.8. The van der Waals surface area contributed by atoms with E-state index < -0.39 is 6.18 Å². The van der Waals surface area contributed by atoms with Crippen molar-refractivity contribution < 1.29 is 13.2 Å². The number of nitriles is 1. The van der Waals surface area contributed by atoms with E-state index in [2.05, 4.69) is 0 Å². The fourth-order valence-corrected chi connectivity index (χ4v) is 0. The van der Waals surface area contributed by atoms with Crippen LogP contribution in [-0.2, 0) is 0 Å². The first-order valence-corrected chi connectivity index (χ1v) is 1.04. The Morgan fingerprint density at radius 1 is 1.33 bits per heavy atom. The van der Waals surface area contributed by atoms with Gasteiger partial charge in [-0.25, -0.2) is 0 Å². The van der Waals surface area contributed by atoms with Crippen LogP contribution in [0.3, 0.4) is 0 Å². The minimum absolute atomic E-state index is 0.104. The summed E-state index contributed by atoms with van der Waals surface area (Å²) in [5, 5.41) is 7.03. The van der Waals surface area contributed by atoms with E-state index in [1.54, 1.807) is 0 Å². The maximum atomic E-state index is 10.4. The molecule has 0 aromatic heterocycles. The van der Waals surface area contributed by atoms with E-state index in [1.165, 1.54) is 0 Å². The van der Waals surface area contributed by atoms with Gasteiger partial charge in [0.25, 0.3) is 0 Å². The second kappa shape index (κ2) is 1.17. The molecule has 0 spiro atoms. The molecule has 0 saturated carbocycles. The maximum Gasteiger partial charge on any atom is 0.483 e. The average Bonchev–Trinajstić information content (AvgIpc) is 1.35. The highest BCUT2D eigenvalue weighted by molar-refractivity contribution is 4.80. The Kier molecular flexibility index (Phi) is 1.03. The van der Waals surface area contributed by atoms with Gasteiger partial charge in [0.2, 0.25) is 0 Å². The molecule has 0 saturated heterocycles. The summed E-state index contributed by atoms with van der Waals surface area (Å²) in [6, 6.07) is 0.104. The van der Waals surface area contributed by atoms with Crippen molar-refractivity contribution in [1.29, 1.82) is 5.26 Å². The standard InChI is InChI=1S/C2F3N/c3-2(4,5)1-6. The van der Waals surface area contributed by atoms with E-state index >= 15 is 0 Å². The number of hydrogen-bond donors (Lipinski definition) is 0. The Labute approximate surface area is 32.0 Å². The molecule has 34 valence electrons. The molecule has 0 amide bonds. The molecule has 4 heteroatoms. The second-order valence-electron chi connectivity index (χ2n) is 0.610. The van der Waals surface area contributed by atoms with Gasteiger partial charge >= 0.3 is 6.18 Å². The van der Waals surface area contributed by atoms with Crippen LogP contribution >= 0.6 is 0 Å². The lowest BCUT2D eigenvalue weighted by molar-refractivity contribution is -0.0717. The molecule has 6 heavy (non-hydrogen) atoms. The van der Waals surface area contributed by atoms with Crippen LogP contribution in [0.4, 0.5) is 13.2 Å². The molecular formula is C2F3N. The van der Waals surface area contributed by atoms with Crippen LogP contribution in [0, 0.1) is 11.3 Å². The summed E-state index contributed by atoms with van der Waals surface area (Å²) >= 11 is 0. The molecule has 0 aromatic rings. The van der Waals surface area contributed by atoms with Crippen molar-refractivity contribution in [1.82, 2.24) is 0 Å². The van der Waals surface area contributed by atoms with E-state index in [4.69, 9.17) is 5.26 Å². The van der Waals surface area contributed by atoms with E-state index in [1.807, 2.05) is 0 Å². The van der Waals surface area contributed by atoms with Crippen molar-refractivity contribution in [3.8, 4) is 6.07 Å². The molecule has 0 rings (SSSR count). The van der Waals surface area contributed by atoms with Crippen molar-refractivity contribution in [3.63, 3.8) is 0 Å². The first kappa shape index (κ1) is 5.28. The highest BCUT2D eigenvalue weighted by Crippen LogP contribution is 2.10. The zero-order chi connectivity index (χ0) is 5.21. The molecule has 0 aliphatic carbocycles. The third kappa shape index (κ3) is 3.28. The number of halogens is 3. The molecule has 0 atom stereocenters. The first-order valence-electron chi connectivity index (χ1n) is 1.04. The smallest absolute Gasteiger partial charge is 0.188 e. The van der Waals surface area contributed by atoms with Crippen molar-refractivity contribution in [2.24, 2.45) is 0 Å². The lowest BCUT2D eigenvalue weighted by Gasteiger charge is -1.84. The van der Waals surface area contributed by atoms with Crippen LogP contribution in [0.25, 0.3) is 0 Å². The van der Waals surface area contributed by atoms with Crippen LogP contribution in [-0.4, -0.2) is 6.18 Å². The molecule has 0 radical (unpaired) electrons. The number of nitrogens with zero attached hydrogens (tertiary/aromatic N) is 1. The normalized spacial score (nSPS) is 10.3. The Morgan fingerprint density at radius 3 is 1.50 bits per heavy atom. The van der Waals surface area contributed by atoms with Gasteiger partial charge in [-0.15, -0.1) is 0 Å². The van der Waals surface area contributed by atoms with E-state index in [-0.39, 0.29) is 6.07 Å². The number of rotatable bonds is 0. The molecule has 0 N–H and O–H groups in total. The van der Waals surface area contributed by atoms with Gasteiger partial charge < -0.3 is 0 Å². The molecule has 0 aromatic carbocycles. The molecule has 1 nitrogen and oxygen atoms in total. The first-order chi connectivity index (χ1) is 2.56. The number of alkyl halides is 3. The number of hydrogen-bond acceptors (Lipinski definition) is 1. The third-order valence-corrected chi connectivity index (χ3v) is 0.127. The molecular weight excluding hydrogens is 95.0 g/mol. The monoisotopic (exact) mass is 95.0 g/mol. The van der Waals surface area contributed by atoms with E-state index in [0.717, 1.165) is 0 Å². The van der Waals surface area contributed by atoms with E-state index in [0.29, 0.717) is 0 Å². The van der Waals surface area contributed by atoms with Gasteiger partial charge in [-0.1, -0.05) is 0 Å². The predicted octanol–water partition coefficient (Wildman–Crippen LogP) is 1.07. The van der Waals surface area contributed by atoms with Gasteiger partial charge in [0.05, 0.1) is 0 Å². The summed E-state index contributed by atoms with van der Waals surface area (Å²) in [6.07, 6.45) is -4.65. The Bertz CT molecular complexity index is 75.8. The molecule has 0 heterocycles. The van der Waals surface area contributed by atoms with Gasteiger partial charge in [0.1, 0.15) is 0 Å². The maximum absolute atomic E-state index is 10.4. The van der Waals surface area contributed by atoms with Gasteiger partial charge in [0.15, 0.2) is 6.07 Å². The van der Waals surface area contributed by atoms with Crippen LogP contribution in [0.5, 0.6) is 0 Å². The van der Waals surface area contributed by atoms with Crippen molar-refractivity contribution in [2.75, 3.05) is 0 Å². The topological polar surface area (TPSA) is 23.8 Å². The lowest BCUT2D eigenvalue weighted by Crippen LogP contribution is -1.99. The van der Waals surface area contributed by atoms with Crippen molar-refractivity contribution >= 4 is 0 Å². The van der Waals surface area contributed by atoms with Gasteiger partial charge in [-0.2, -0.15) is 18.4 Å². The van der Waals surface area contributed by atoms with Gasteiger partial charge in [-0.3, -0.25) is 0 Å². The highest BCUT2D eigenvalue weighted by atomic mass is 19.4. The minimum atomic E-state index is -4.65. The summed E-state index contributed by atoms with van der Waals surface area (Å²) in [6.45, 7) is 0. The van der Waals surface area contributed by atoms with Crippen LogP contribution in [0.15, 0.2) is 0 Å². The zero-order valence-corrected chi connectivity index (χ0v) is 2.58. The Hall–Kier alpha value is -0.720. The summed E-state index contributed by atoms with van der Waals surface area (Å²) in [5.74, 6) is 0. The van der Waals surface area contributed by atoms with Crippen LogP contribution in [0.1, 0.15) is 0 Å². The van der Waals surface area contributed by atoms with Crippen molar-refractivity contribution in [2.45, 2.75) is 6.18 Å². The van der Waals surface area contributed by atoms with E-state index in [9.17, 15) is 13.2 Å². The Morgan fingerprint density at radius 2 is 1.50 bits per heavy atom. The highest BCUT2D eigenvalue weighted by Gasteiger charge is 2.25. The quantitative estimate of drug-likeness (QED) is 0.441. The minimum Gasteiger partial charge on any atom is -0.188 e. The summed E-state index contributed by atoms with van der Waals surface area (Å²) in [7, 11) is 0. The summed E-state index contributed by atoms with van der Waals surface area (Å²) in [5.41, 5.74) is 0. The van der Waals surface area contributed by atoms with Gasteiger partial charge in [-0.05, 0) is 0 Å². The zero-order valence-electron chi connectivity index (χ0n) is 2.58. The fourth-order valence-electron chi connectivity index (χ4n) is 0. The average molecular weight is 95.0 g/mol. The molecule has 0 fully saturated rings. The SMILES string of the molecule is N#CC(F)(F)F. The van der Waals surface area contributed by atoms with Gasteiger partial charge in [0, 0.05) is 0 Å². The molecule has 0 aliphatic heterocycles. The second-order valence-corrected chi connectivity index (χ2v) is 0.610. The molecule has 0 unspecified atom stereocenters. The Balaban J connectivity index is 3.55. The van der Waals surface area contributed by atoms with Crippen LogP contribution < -0.4 is 0 Å². The fraction of sp³-hybridized carbons (Fsp3) is 0.500. The van der Waals surface area contributed by atoms with Crippen molar-refractivity contribution in [3.05, 3.63) is 0 Å².